The number of aliphatic hydroxyl groups excluding tert-OH is 3. The number of aryl methyl sites for hydroxylation is 2. The molecule has 8 bridgehead atoms. The van der Waals surface area contributed by atoms with E-state index in [4.69, 9.17) is 38.7 Å². The Hall–Kier alpha value is -8.15. The molecule has 3 saturated heterocycles. The molecule has 22 nitrogen and oxygen atoms in total. The SMILES string of the molecule is CCCCCCOC(C)C1=C(C)C2=NC1=CC1=NC(=CC3=C(C)C4=C(O)CC(=C5NC(=C2c2ccc(C(=O)OCC6OC(n7cc(C)c(=O)[nH]c7=O)CC6O)cc2)C(C)C5CCC(=O)OCC2OC(n5cc(C)c(=O)[nH]c5=O)CC2O)C4=N3)C(CC)=C1C. The maximum Gasteiger partial charge on any atom is 0.338 e. The lowest BCUT2D eigenvalue weighted by Crippen LogP contribution is -2.33. The van der Waals surface area contributed by atoms with Crippen molar-refractivity contribution in [3.8, 4) is 0 Å². The minimum atomic E-state index is -1.08. The number of unbranched alkanes of at least 4 members (excludes halogenated alkanes) is 3. The first-order valence-corrected chi connectivity index (χ1v) is 30.5. The number of benzene rings is 1. The van der Waals surface area contributed by atoms with E-state index in [0.29, 0.717) is 63.7 Å². The van der Waals surface area contributed by atoms with Crippen molar-refractivity contribution in [3.05, 3.63) is 186 Å². The minimum absolute atomic E-state index is 0.0241. The van der Waals surface area contributed by atoms with E-state index in [-0.39, 0.29) is 62.6 Å². The number of rotatable bonds is 19. The molecular weight excluding hydrogens is 1130 g/mol. The van der Waals surface area contributed by atoms with Crippen LogP contribution in [0.1, 0.15) is 152 Å². The molecule has 1 aliphatic carbocycles. The molecule has 8 aliphatic rings. The average Bonchev–Trinajstić information content (AvgIpc) is 1.67. The third kappa shape index (κ3) is 11.7. The van der Waals surface area contributed by atoms with Crippen molar-refractivity contribution in [2.75, 3.05) is 19.8 Å². The van der Waals surface area contributed by atoms with Gasteiger partial charge in [0.1, 0.15) is 43.6 Å². The van der Waals surface area contributed by atoms with Crippen LogP contribution in [0, 0.1) is 25.7 Å². The zero-order valence-corrected chi connectivity index (χ0v) is 51.1. The van der Waals surface area contributed by atoms with Gasteiger partial charge in [0.05, 0.1) is 58.1 Å². The molecule has 6 N–H and O–H groups in total. The Morgan fingerprint density at radius 1 is 0.750 bits per heavy atom. The summed E-state index contributed by atoms with van der Waals surface area (Å²) in [7, 11) is 0. The highest BCUT2D eigenvalue weighted by molar-refractivity contribution is 6.34. The Morgan fingerprint density at radius 3 is 2.01 bits per heavy atom. The molecule has 0 spiro atoms. The summed E-state index contributed by atoms with van der Waals surface area (Å²) in [5.41, 5.74) is 11.5. The van der Waals surface area contributed by atoms with Gasteiger partial charge in [0.2, 0.25) is 0 Å². The highest BCUT2D eigenvalue weighted by Gasteiger charge is 2.44. The Labute approximate surface area is 507 Å². The van der Waals surface area contributed by atoms with Crippen molar-refractivity contribution in [2.45, 2.75) is 169 Å². The summed E-state index contributed by atoms with van der Waals surface area (Å²) in [5.74, 6) is -1.82. The van der Waals surface area contributed by atoms with E-state index in [1.54, 1.807) is 26.0 Å². The molecule has 9 unspecified atom stereocenters. The highest BCUT2D eigenvalue weighted by atomic mass is 16.6. The summed E-state index contributed by atoms with van der Waals surface area (Å²) in [6.07, 6.45) is 5.77. The summed E-state index contributed by atoms with van der Waals surface area (Å²) in [4.78, 5) is 98.1. The molecule has 1 aromatic carbocycles. The van der Waals surface area contributed by atoms with Crippen molar-refractivity contribution in [3.63, 3.8) is 0 Å². The quantitative estimate of drug-likeness (QED) is 0.0496. The van der Waals surface area contributed by atoms with Gasteiger partial charge >= 0.3 is 23.3 Å². The van der Waals surface area contributed by atoms with Gasteiger partial charge in [0, 0.05) is 101 Å². The van der Waals surface area contributed by atoms with Crippen LogP contribution < -0.4 is 27.8 Å². The zero-order chi connectivity index (χ0) is 62.6. The molecule has 0 radical (unpaired) electrons. The average molecular weight is 1210 g/mol. The largest absolute Gasteiger partial charge is 0.511 e. The van der Waals surface area contributed by atoms with Gasteiger partial charge in [-0.05, 0) is 113 Å². The molecule has 464 valence electrons. The lowest BCUT2D eigenvalue weighted by molar-refractivity contribution is -0.150. The predicted molar refractivity (Wildman–Crippen MR) is 329 cm³/mol. The first-order valence-electron chi connectivity index (χ1n) is 30.5. The normalized spacial score (nSPS) is 25.2. The maximum absolute atomic E-state index is 14.0. The maximum atomic E-state index is 14.0. The van der Waals surface area contributed by atoms with Crippen LogP contribution >= 0.6 is 0 Å². The van der Waals surface area contributed by atoms with Gasteiger partial charge in [-0.15, -0.1) is 0 Å². The number of aliphatic imine (C=N–C) groups is 3. The monoisotopic (exact) mass is 1200 g/mol. The van der Waals surface area contributed by atoms with Crippen LogP contribution in [0.5, 0.6) is 0 Å². The number of esters is 2. The Morgan fingerprint density at radius 2 is 1.39 bits per heavy atom. The van der Waals surface area contributed by atoms with Gasteiger partial charge in [-0.2, -0.15) is 0 Å². The van der Waals surface area contributed by atoms with Crippen molar-refractivity contribution >= 4 is 34.6 Å². The summed E-state index contributed by atoms with van der Waals surface area (Å²) in [6.45, 7) is 17.5. The Bertz CT molecular complexity index is 4020. The van der Waals surface area contributed by atoms with Crippen LogP contribution in [0.2, 0.25) is 0 Å². The molecule has 9 heterocycles. The topological polar surface area (TPSA) is 300 Å². The molecule has 2 aromatic heterocycles. The number of H-pyrrole nitrogens is 2. The predicted octanol–water partition coefficient (Wildman–Crippen LogP) is 7.66. The molecule has 11 rings (SSSR count). The van der Waals surface area contributed by atoms with Crippen molar-refractivity contribution in [1.82, 2.24) is 24.4 Å². The number of aromatic amines is 2. The molecule has 88 heavy (non-hydrogen) atoms. The van der Waals surface area contributed by atoms with Crippen molar-refractivity contribution in [1.29, 1.82) is 0 Å². The van der Waals surface area contributed by atoms with Crippen LogP contribution in [0.4, 0.5) is 0 Å². The molecule has 0 saturated carbocycles. The van der Waals surface area contributed by atoms with Gasteiger partial charge in [-0.25, -0.2) is 29.4 Å². The standard InChI is InChI=1S/C66H76N8O14/c1-10-12-13-14-21-84-37(9)55-36(8)59-57(38-15-17-39(18-16-38)64(81)86-30-51-48(76)26-53(88-51)74-28-32(4)63(80)72-66(74)83)58-34(6)41(19-20-54(78)85-29-50-47(75)25-52(87-50)73-27-31(3)62(79)71-65(73)82)60(70-58)42-22-49(77)56-35(7)44(68-61(42)56)23-45-40(11-2)33(5)43(67-45)24-46(55)69-59/h15-18,23-24,27-28,34,37,41,47-48,50-53,70,75-77H,10-14,19-22,25-26,29-30H2,1-9H3,(H,71,79,82)(H,72,80,83). The number of ether oxygens (including phenoxy) is 5. The van der Waals surface area contributed by atoms with Gasteiger partial charge in [0.25, 0.3) is 11.1 Å². The molecule has 22 heteroatoms. The smallest absolute Gasteiger partial charge is 0.338 e. The fourth-order valence-electron chi connectivity index (χ4n) is 13.2. The second-order valence-electron chi connectivity index (χ2n) is 24.0. The lowest BCUT2D eigenvalue weighted by atomic mass is 9.83. The minimum Gasteiger partial charge on any atom is -0.511 e. The molecule has 3 aromatic rings. The highest BCUT2D eigenvalue weighted by Crippen LogP contribution is 2.49. The number of hydrogen-bond donors (Lipinski definition) is 6. The third-order valence-electron chi connectivity index (χ3n) is 18.2. The Balaban J connectivity index is 0.961. The Kier molecular flexibility index (Phi) is 17.6. The number of allylic oxidation sites excluding steroid dienone is 11. The van der Waals surface area contributed by atoms with E-state index in [2.05, 4.69) is 43.0 Å². The summed E-state index contributed by atoms with van der Waals surface area (Å²) < 4.78 is 32.7. The van der Waals surface area contributed by atoms with Gasteiger partial charge in [0.15, 0.2) is 0 Å². The van der Waals surface area contributed by atoms with Crippen LogP contribution in [0.3, 0.4) is 0 Å². The first-order chi connectivity index (χ1) is 42.1. The molecule has 9 atom stereocenters. The third-order valence-corrected chi connectivity index (χ3v) is 18.2. The fraction of sp³-hybridized carbons (Fsp3) is 0.470. The lowest BCUT2D eigenvalue weighted by Gasteiger charge is -2.20. The number of nitrogens with zero attached hydrogens (tertiary/aromatic N) is 5. The number of carbonyl (C=O) groups is 2. The van der Waals surface area contributed by atoms with E-state index in [1.807, 2.05) is 45.1 Å². The van der Waals surface area contributed by atoms with Crippen LogP contribution in [0.25, 0.3) is 5.57 Å². The summed E-state index contributed by atoms with van der Waals surface area (Å²) in [5, 5.41) is 37.8. The van der Waals surface area contributed by atoms with E-state index in [0.717, 1.165) is 81.9 Å². The number of aliphatic hydroxyl groups is 3. The van der Waals surface area contributed by atoms with E-state index >= 15 is 0 Å². The summed E-state index contributed by atoms with van der Waals surface area (Å²) >= 11 is 0. The number of fused-ring (bicyclic) bond motifs is 5. The van der Waals surface area contributed by atoms with E-state index in [1.165, 1.54) is 21.5 Å². The van der Waals surface area contributed by atoms with Crippen molar-refractivity contribution < 1.29 is 48.6 Å². The molecular formula is C66H76N8O14. The second-order valence-corrected chi connectivity index (χ2v) is 24.0. The second kappa shape index (κ2) is 25.1. The van der Waals surface area contributed by atoms with E-state index < -0.39 is 83.3 Å². The van der Waals surface area contributed by atoms with Crippen LogP contribution in [-0.4, -0.2) is 114 Å². The van der Waals surface area contributed by atoms with Crippen LogP contribution in [-0.2, 0) is 28.5 Å². The summed E-state index contributed by atoms with van der Waals surface area (Å²) in [6, 6.07) is 6.97. The zero-order valence-electron chi connectivity index (χ0n) is 51.1. The fourth-order valence-corrected chi connectivity index (χ4v) is 13.2. The van der Waals surface area contributed by atoms with Gasteiger partial charge < -0.3 is 44.3 Å². The number of aromatic nitrogens is 4. The van der Waals surface area contributed by atoms with E-state index in [9.17, 15) is 44.1 Å². The number of hydrogen-bond acceptors (Lipinski definition) is 18. The first kappa shape index (κ1) is 61.5. The van der Waals surface area contributed by atoms with Crippen molar-refractivity contribution in [2.24, 2.45) is 26.8 Å². The molecule has 7 aliphatic heterocycles. The van der Waals surface area contributed by atoms with Gasteiger partial charge in [-0.1, -0.05) is 52.2 Å². The number of carbonyl (C=O) groups excluding carboxylic acids is 2. The molecule has 0 amide bonds. The van der Waals surface area contributed by atoms with Crippen LogP contribution in [0.15, 0.2) is 156 Å². The molecule has 3 fully saturated rings. The van der Waals surface area contributed by atoms with Gasteiger partial charge in [-0.3, -0.25) is 33.5 Å². The number of nitrogens with one attached hydrogen (secondary N) is 3.